The van der Waals surface area contributed by atoms with Gasteiger partial charge in [0.05, 0.1) is 17.1 Å². The minimum Gasteiger partial charge on any atom is -0.376 e. The van der Waals surface area contributed by atoms with Gasteiger partial charge in [0.1, 0.15) is 5.82 Å². The highest BCUT2D eigenvalue weighted by atomic mass is 32.2. The summed E-state index contributed by atoms with van der Waals surface area (Å²) in [6, 6.07) is 15.7. The molecule has 8 nitrogen and oxygen atoms in total. The number of nitrogens with zero attached hydrogens (tertiary/aromatic N) is 3. The number of carbonyl (C=O) groups is 1. The predicted octanol–water partition coefficient (Wildman–Crippen LogP) is 3.53. The zero-order valence-electron chi connectivity index (χ0n) is 18.4. The fourth-order valence-corrected chi connectivity index (χ4v) is 4.74. The molecule has 0 aliphatic carbocycles. The van der Waals surface area contributed by atoms with E-state index in [4.69, 9.17) is 0 Å². The first-order chi connectivity index (χ1) is 15.3. The molecule has 9 heteroatoms. The van der Waals surface area contributed by atoms with E-state index in [1.165, 1.54) is 16.4 Å². The van der Waals surface area contributed by atoms with Crippen LogP contribution in [0.2, 0.25) is 0 Å². The molecule has 2 N–H and O–H groups in total. The van der Waals surface area contributed by atoms with Crippen molar-refractivity contribution in [3.8, 4) is 11.3 Å². The van der Waals surface area contributed by atoms with Crippen LogP contribution < -0.4 is 10.6 Å². The second kappa shape index (κ2) is 10.3. The lowest BCUT2D eigenvalue weighted by molar-refractivity contribution is -0.114. The SMILES string of the molecule is CCN(CC)S(=O)(=O)c1cccc(NC(=O)CNc2cccc(-c3ccnc(C)n3)c2)c1. The number of benzene rings is 2. The number of aryl methyl sites for hydroxylation is 1. The summed E-state index contributed by atoms with van der Waals surface area (Å²) in [5.74, 6) is 0.399. The summed E-state index contributed by atoms with van der Waals surface area (Å²) in [6.45, 7) is 6.20. The van der Waals surface area contributed by atoms with Gasteiger partial charge in [0.15, 0.2) is 0 Å². The van der Waals surface area contributed by atoms with Crippen molar-refractivity contribution in [1.82, 2.24) is 14.3 Å². The lowest BCUT2D eigenvalue weighted by Gasteiger charge is -2.19. The van der Waals surface area contributed by atoms with Crippen molar-refractivity contribution in [2.24, 2.45) is 0 Å². The molecule has 32 heavy (non-hydrogen) atoms. The summed E-state index contributed by atoms with van der Waals surface area (Å²) in [4.78, 5) is 21.1. The Morgan fingerprint density at radius 2 is 1.72 bits per heavy atom. The first-order valence-corrected chi connectivity index (χ1v) is 11.8. The number of sulfonamides is 1. The van der Waals surface area contributed by atoms with E-state index in [1.807, 2.05) is 37.3 Å². The molecule has 0 spiro atoms. The topological polar surface area (TPSA) is 104 Å². The summed E-state index contributed by atoms with van der Waals surface area (Å²) in [5.41, 5.74) is 2.91. The molecule has 3 aromatic rings. The van der Waals surface area contributed by atoms with Crippen LogP contribution in [0.5, 0.6) is 0 Å². The highest BCUT2D eigenvalue weighted by Crippen LogP contribution is 2.21. The molecular formula is C23H27N5O3S. The number of hydrogen-bond acceptors (Lipinski definition) is 6. The van der Waals surface area contributed by atoms with Crippen LogP contribution in [-0.4, -0.2) is 48.2 Å². The van der Waals surface area contributed by atoms with Crippen molar-refractivity contribution >= 4 is 27.3 Å². The minimum absolute atomic E-state index is 0.0271. The monoisotopic (exact) mass is 453 g/mol. The Hall–Kier alpha value is -3.30. The fraction of sp³-hybridized carbons (Fsp3) is 0.261. The lowest BCUT2D eigenvalue weighted by atomic mass is 10.1. The Labute approximate surface area is 188 Å². The van der Waals surface area contributed by atoms with Crippen LogP contribution in [0.3, 0.4) is 0 Å². The van der Waals surface area contributed by atoms with Crippen molar-refractivity contribution < 1.29 is 13.2 Å². The molecule has 1 heterocycles. The highest BCUT2D eigenvalue weighted by Gasteiger charge is 2.21. The molecule has 0 unspecified atom stereocenters. The normalized spacial score (nSPS) is 11.4. The number of nitrogens with one attached hydrogen (secondary N) is 2. The van der Waals surface area contributed by atoms with E-state index in [0.717, 1.165) is 16.9 Å². The molecule has 0 fully saturated rings. The average molecular weight is 454 g/mol. The summed E-state index contributed by atoms with van der Waals surface area (Å²) in [7, 11) is -3.59. The minimum atomic E-state index is -3.59. The first-order valence-electron chi connectivity index (χ1n) is 10.4. The van der Waals surface area contributed by atoms with Crippen LogP contribution in [0.25, 0.3) is 11.3 Å². The van der Waals surface area contributed by atoms with Crippen molar-refractivity contribution in [3.63, 3.8) is 0 Å². The van der Waals surface area contributed by atoms with E-state index in [2.05, 4.69) is 20.6 Å². The van der Waals surface area contributed by atoms with Gasteiger partial charge in [0, 0.05) is 36.2 Å². The van der Waals surface area contributed by atoms with Crippen LogP contribution in [0.4, 0.5) is 11.4 Å². The van der Waals surface area contributed by atoms with E-state index in [0.29, 0.717) is 24.6 Å². The largest absolute Gasteiger partial charge is 0.376 e. The van der Waals surface area contributed by atoms with Gasteiger partial charge in [-0.1, -0.05) is 32.0 Å². The van der Waals surface area contributed by atoms with Gasteiger partial charge in [0.25, 0.3) is 0 Å². The Morgan fingerprint density at radius 1 is 1.00 bits per heavy atom. The molecule has 168 valence electrons. The fourth-order valence-electron chi connectivity index (χ4n) is 3.24. The molecule has 1 aromatic heterocycles. The molecule has 2 aromatic carbocycles. The van der Waals surface area contributed by atoms with Crippen LogP contribution in [-0.2, 0) is 14.8 Å². The van der Waals surface area contributed by atoms with Crippen LogP contribution in [0, 0.1) is 6.92 Å². The van der Waals surface area contributed by atoms with Crippen molar-refractivity contribution in [2.45, 2.75) is 25.7 Å². The Balaban J connectivity index is 1.65. The van der Waals surface area contributed by atoms with Gasteiger partial charge in [-0.05, 0) is 43.3 Å². The van der Waals surface area contributed by atoms with Gasteiger partial charge < -0.3 is 10.6 Å². The molecule has 0 aliphatic rings. The Kier molecular flexibility index (Phi) is 7.55. The standard InChI is InChI=1S/C23H27N5O3S/c1-4-28(5-2)32(30,31)21-11-7-10-20(15-21)27-23(29)16-25-19-9-6-8-18(14-19)22-12-13-24-17(3)26-22/h6-15,25H,4-5,16H2,1-3H3,(H,27,29). The van der Waals surface area contributed by atoms with Gasteiger partial charge in [-0.2, -0.15) is 4.31 Å². The molecule has 0 saturated carbocycles. The summed E-state index contributed by atoms with van der Waals surface area (Å²) in [6.07, 6.45) is 1.71. The molecule has 3 rings (SSSR count). The van der Waals surface area contributed by atoms with Crippen LogP contribution >= 0.6 is 0 Å². The second-order valence-corrected chi connectivity index (χ2v) is 9.03. The summed E-state index contributed by atoms with van der Waals surface area (Å²) < 4.78 is 26.8. The van der Waals surface area contributed by atoms with Crippen LogP contribution in [0.1, 0.15) is 19.7 Å². The van der Waals surface area contributed by atoms with E-state index >= 15 is 0 Å². The maximum Gasteiger partial charge on any atom is 0.243 e. The first kappa shape index (κ1) is 23.4. The maximum atomic E-state index is 12.7. The molecule has 1 amide bonds. The maximum absolute atomic E-state index is 12.7. The zero-order valence-corrected chi connectivity index (χ0v) is 19.2. The summed E-state index contributed by atoms with van der Waals surface area (Å²) >= 11 is 0. The molecule has 0 radical (unpaired) electrons. The quantitative estimate of drug-likeness (QED) is 0.514. The third kappa shape index (κ3) is 5.68. The Bertz CT molecular complexity index is 1190. The molecule has 0 bridgehead atoms. The van der Waals surface area contributed by atoms with Crippen molar-refractivity contribution in [3.05, 3.63) is 66.6 Å². The van der Waals surface area contributed by atoms with E-state index in [9.17, 15) is 13.2 Å². The molecular weight excluding hydrogens is 426 g/mol. The van der Waals surface area contributed by atoms with Crippen molar-refractivity contribution in [2.75, 3.05) is 30.3 Å². The average Bonchev–Trinajstić information content (AvgIpc) is 2.79. The predicted molar refractivity (Wildman–Crippen MR) is 126 cm³/mol. The van der Waals surface area contributed by atoms with Gasteiger partial charge in [-0.3, -0.25) is 4.79 Å². The van der Waals surface area contributed by atoms with Gasteiger partial charge in [-0.15, -0.1) is 0 Å². The van der Waals surface area contributed by atoms with Gasteiger partial charge in [0.2, 0.25) is 15.9 Å². The molecule has 0 atom stereocenters. The zero-order chi connectivity index (χ0) is 23.1. The van der Waals surface area contributed by atoms with E-state index in [1.54, 1.807) is 32.2 Å². The van der Waals surface area contributed by atoms with E-state index in [-0.39, 0.29) is 17.3 Å². The third-order valence-electron chi connectivity index (χ3n) is 4.85. The van der Waals surface area contributed by atoms with Gasteiger partial charge in [-0.25, -0.2) is 18.4 Å². The van der Waals surface area contributed by atoms with Crippen molar-refractivity contribution in [1.29, 1.82) is 0 Å². The van der Waals surface area contributed by atoms with Gasteiger partial charge >= 0.3 is 0 Å². The highest BCUT2D eigenvalue weighted by molar-refractivity contribution is 7.89. The lowest BCUT2D eigenvalue weighted by Crippen LogP contribution is -2.30. The second-order valence-electron chi connectivity index (χ2n) is 7.09. The molecule has 0 saturated heterocycles. The number of carbonyl (C=O) groups excluding carboxylic acids is 1. The van der Waals surface area contributed by atoms with E-state index < -0.39 is 10.0 Å². The van der Waals surface area contributed by atoms with Crippen LogP contribution in [0.15, 0.2) is 65.7 Å². The summed E-state index contributed by atoms with van der Waals surface area (Å²) in [5, 5.41) is 5.84. The molecule has 0 aliphatic heterocycles. The smallest absolute Gasteiger partial charge is 0.243 e. The number of amides is 1. The number of hydrogen-bond donors (Lipinski definition) is 2. The number of aromatic nitrogens is 2. The third-order valence-corrected chi connectivity index (χ3v) is 6.89. The number of anilines is 2. The Morgan fingerprint density at radius 3 is 2.44 bits per heavy atom. The number of rotatable bonds is 9.